The predicted octanol–water partition coefficient (Wildman–Crippen LogP) is 18.2. The first-order valence-corrected chi connectivity index (χ1v) is 23.2. The van der Waals surface area contributed by atoms with Gasteiger partial charge in [-0.15, -0.1) is 0 Å². The van der Waals surface area contributed by atoms with Gasteiger partial charge in [-0.05, 0) is 113 Å². The van der Waals surface area contributed by atoms with Crippen molar-refractivity contribution < 1.29 is 8.83 Å². The molecule has 0 spiro atoms. The SMILES string of the molecule is c1ccc(N(c2ccc(-c3ccc4oc5ccccc5c4c3)cc2)c2ccc(-c3ccccc3-n3c4ccccc4c4ccccc43)cc2)c(-c2ccc3oc4c5ccccc5ccc4c3c2)c1. The van der Waals surface area contributed by atoms with Gasteiger partial charge < -0.3 is 18.3 Å². The van der Waals surface area contributed by atoms with Crippen LogP contribution < -0.4 is 4.90 Å². The van der Waals surface area contributed by atoms with E-state index in [2.05, 4.69) is 240 Å². The Morgan fingerprint density at radius 2 is 0.838 bits per heavy atom. The van der Waals surface area contributed by atoms with Crippen molar-refractivity contribution in [1.82, 2.24) is 4.57 Å². The highest BCUT2D eigenvalue weighted by Gasteiger charge is 2.21. The number of nitrogens with zero attached hydrogens (tertiary/aromatic N) is 2. The Kier molecular flexibility index (Phi) is 8.55. The molecule has 68 heavy (non-hydrogen) atoms. The maximum atomic E-state index is 6.57. The summed E-state index contributed by atoms with van der Waals surface area (Å²) in [5.41, 5.74) is 17.1. The van der Waals surface area contributed by atoms with Gasteiger partial charge in [0.2, 0.25) is 0 Å². The maximum Gasteiger partial charge on any atom is 0.143 e. The standard InChI is InChI=1S/C64H40N2O2/c1-2-16-50-42(13-1)29-36-54-56-40-45(31-38-63(56)68-64(50)54)49-15-4-8-20-57(49)65(46-32-25-41(26-33-46)44-30-37-62-55(39-44)53-19-7-12-24-61(53)67-62)47-34-27-43(28-35-47)48-14-3-9-21-58(48)66-59-22-10-5-17-51(59)52-18-6-11-23-60(52)66/h1-40H. The zero-order valence-corrected chi connectivity index (χ0v) is 36.8. The van der Waals surface area contributed by atoms with Crippen molar-refractivity contribution in [2.24, 2.45) is 0 Å². The van der Waals surface area contributed by atoms with Gasteiger partial charge in [-0.25, -0.2) is 0 Å². The molecule has 4 heteroatoms. The monoisotopic (exact) mass is 868 g/mol. The molecule has 0 bridgehead atoms. The summed E-state index contributed by atoms with van der Waals surface area (Å²) < 4.78 is 15.2. The number of rotatable bonds is 7. The van der Waals surface area contributed by atoms with Crippen LogP contribution in [0.15, 0.2) is 251 Å². The first-order valence-electron chi connectivity index (χ1n) is 23.2. The van der Waals surface area contributed by atoms with E-state index in [1.54, 1.807) is 0 Å². The molecular weight excluding hydrogens is 829 g/mol. The van der Waals surface area contributed by atoms with Crippen molar-refractivity contribution in [3.8, 4) is 39.1 Å². The lowest BCUT2D eigenvalue weighted by Crippen LogP contribution is -2.11. The van der Waals surface area contributed by atoms with E-state index in [1.807, 2.05) is 12.1 Å². The van der Waals surface area contributed by atoms with Crippen LogP contribution in [0.3, 0.4) is 0 Å². The molecule has 0 N–H and O–H groups in total. The maximum absolute atomic E-state index is 6.57. The zero-order valence-electron chi connectivity index (χ0n) is 36.8. The highest BCUT2D eigenvalue weighted by atomic mass is 16.3. The van der Waals surface area contributed by atoms with Crippen molar-refractivity contribution >= 4 is 93.5 Å². The van der Waals surface area contributed by atoms with Gasteiger partial charge in [0.1, 0.15) is 22.3 Å². The highest BCUT2D eigenvalue weighted by Crippen LogP contribution is 2.45. The molecule has 3 aromatic heterocycles. The van der Waals surface area contributed by atoms with Crippen LogP contribution in [0.4, 0.5) is 17.1 Å². The molecule has 3 heterocycles. The first kappa shape index (κ1) is 38.2. The smallest absolute Gasteiger partial charge is 0.143 e. The Morgan fingerprint density at radius 1 is 0.309 bits per heavy atom. The fourth-order valence-corrected chi connectivity index (χ4v) is 10.6. The van der Waals surface area contributed by atoms with Crippen molar-refractivity contribution in [3.05, 3.63) is 243 Å². The average molecular weight is 869 g/mol. The number of hydrogen-bond donors (Lipinski definition) is 0. The minimum atomic E-state index is 0.878. The molecule has 0 saturated heterocycles. The molecular formula is C64H40N2O2. The summed E-state index contributed by atoms with van der Waals surface area (Å²) >= 11 is 0. The molecule has 14 aromatic rings. The number of hydrogen-bond acceptors (Lipinski definition) is 3. The van der Waals surface area contributed by atoms with Gasteiger partial charge in [-0.2, -0.15) is 0 Å². The minimum Gasteiger partial charge on any atom is -0.456 e. The quantitative estimate of drug-likeness (QED) is 0.160. The van der Waals surface area contributed by atoms with Crippen molar-refractivity contribution in [2.45, 2.75) is 0 Å². The van der Waals surface area contributed by atoms with E-state index in [9.17, 15) is 0 Å². The summed E-state index contributed by atoms with van der Waals surface area (Å²) in [6.07, 6.45) is 0. The van der Waals surface area contributed by atoms with E-state index in [1.165, 1.54) is 27.2 Å². The summed E-state index contributed by atoms with van der Waals surface area (Å²) in [6.45, 7) is 0. The Hall–Kier alpha value is -9.12. The topological polar surface area (TPSA) is 34.5 Å². The molecule has 318 valence electrons. The second kappa shape index (κ2) is 15.2. The lowest BCUT2D eigenvalue weighted by atomic mass is 9.98. The average Bonchev–Trinajstić information content (AvgIpc) is 4.09. The van der Waals surface area contributed by atoms with Crippen LogP contribution >= 0.6 is 0 Å². The number of anilines is 3. The third kappa shape index (κ3) is 6.01. The number of benzene rings is 11. The molecule has 0 aliphatic rings. The van der Waals surface area contributed by atoms with Crippen LogP contribution in [-0.4, -0.2) is 4.57 Å². The van der Waals surface area contributed by atoms with Crippen LogP contribution in [-0.2, 0) is 0 Å². The van der Waals surface area contributed by atoms with Crippen LogP contribution in [0.2, 0.25) is 0 Å². The lowest BCUT2D eigenvalue weighted by Gasteiger charge is -2.28. The van der Waals surface area contributed by atoms with E-state index >= 15 is 0 Å². The van der Waals surface area contributed by atoms with Crippen LogP contribution in [0, 0.1) is 0 Å². The summed E-state index contributed by atoms with van der Waals surface area (Å²) in [5, 5.41) is 9.25. The van der Waals surface area contributed by atoms with Crippen molar-refractivity contribution in [1.29, 1.82) is 0 Å². The zero-order chi connectivity index (χ0) is 44.7. The molecule has 0 aliphatic carbocycles. The first-order chi connectivity index (χ1) is 33.7. The van der Waals surface area contributed by atoms with Crippen LogP contribution in [0.1, 0.15) is 0 Å². The summed E-state index contributed by atoms with van der Waals surface area (Å²) in [6, 6.07) is 87.1. The normalized spacial score (nSPS) is 11.8. The predicted molar refractivity (Wildman–Crippen MR) is 284 cm³/mol. The van der Waals surface area contributed by atoms with Gasteiger partial charge >= 0.3 is 0 Å². The molecule has 0 amide bonds. The van der Waals surface area contributed by atoms with Crippen LogP contribution in [0.5, 0.6) is 0 Å². The molecule has 0 unspecified atom stereocenters. The van der Waals surface area contributed by atoms with E-state index in [-0.39, 0.29) is 0 Å². The Morgan fingerprint density at radius 3 is 1.60 bits per heavy atom. The molecule has 14 rings (SSSR count). The molecule has 0 fully saturated rings. The summed E-state index contributed by atoms with van der Waals surface area (Å²) in [5.74, 6) is 0. The minimum absolute atomic E-state index is 0.878. The van der Waals surface area contributed by atoms with Gasteiger partial charge in [0.05, 0.1) is 22.4 Å². The number of para-hydroxylation sites is 5. The van der Waals surface area contributed by atoms with Gasteiger partial charge in [0, 0.05) is 60.2 Å². The molecule has 0 saturated carbocycles. The van der Waals surface area contributed by atoms with Crippen molar-refractivity contribution in [3.63, 3.8) is 0 Å². The fraction of sp³-hybridized carbons (Fsp3) is 0. The number of furan rings is 2. The largest absolute Gasteiger partial charge is 0.456 e. The third-order valence-electron chi connectivity index (χ3n) is 13.8. The Bertz CT molecular complexity index is 4210. The molecule has 4 nitrogen and oxygen atoms in total. The number of aromatic nitrogens is 1. The molecule has 0 atom stereocenters. The van der Waals surface area contributed by atoms with E-state index in [0.29, 0.717) is 0 Å². The Labute approximate surface area is 391 Å². The summed E-state index contributed by atoms with van der Waals surface area (Å²) in [7, 11) is 0. The fourth-order valence-electron chi connectivity index (χ4n) is 10.6. The Balaban J connectivity index is 0.908. The van der Waals surface area contributed by atoms with E-state index in [4.69, 9.17) is 8.83 Å². The van der Waals surface area contributed by atoms with Gasteiger partial charge in [0.15, 0.2) is 0 Å². The summed E-state index contributed by atoms with van der Waals surface area (Å²) in [4.78, 5) is 2.39. The second-order valence-corrected chi connectivity index (χ2v) is 17.6. The van der Waals surface area contributed by atoms with E-state index < -0.39 is 0 Å². The van der Waals surface area contributed by atoms with Gasteiger partial charge in [-0.1, -0.05) is 158 Å². The van der Waals surface area contributed by atoms with Crippen molar-refractivity contribution in [2.75, 3.05) is 4.90 Å². The highest BCUT2D eigenvalue weighted by molar-refractivity contribution is 6.16. The van der Waals surface area contributed by atoms with E-state index in [0.717, 1.165) is 105 Å². The van der Waals surface area contributed by atoms with Gasteiger partial charge in [-0.3, -0.25) is 0 Å². The van der Waals surface area contributed by atoms with Gasteiger partial charge in [0.25, 0.3) is 0 Å². The third-order valence-corrected chi connectivity index (χ3v) is 13.8. The molecule has 0 aliphatic heterocycles. The van der Waals surface area contributed by atoms with Crippen LogP contribution in [0.25, 0.3) is 116 Å². The molecule has 0 radical (unpaired) electrons. The number of fused-ring (bicyclic) bond motifs is 11. The second-order valence-electron chi connectivity index (χ2n) is 17.6. The molecule has 11 aromatic carbocycles. The lowest BCUT2D eigenvalue weighted by molar-refractivity contribution is 0.669.